The number of amides is 2. The van der Waals surface area contributed by atoms with Gasteiger partial charge in [0.25, 0.3) is 15.9 Å². The van der Waals surface area contributed by atoms with Crippen LogP contribution in [-0.2, 0) is 14.8 Å². The zero-order valence-electron chi connectivity index (χ0n) is 14.2. The monoisotopic (exact) mass is 407 g/mol. The van der Waals surface area contributed by atoms with Gasteiger partial charge in [0.1, 0.15) is 0 Å². The third-order valence-corrected chi connectivity index (χ3v) is 5.49. The van der Waals surface area contributed by atoms with Gasteiger partial charge < -0.3 is 10.6 Å². The van der Waals surface area contributed by atoms with Crippen molar-refractivity contribution in [2.24, 2.45) is 0 Å². The SMILES string of the molecule is O=C(CNC(=O)c1cccc(S(=O)(=O)Nc2ccc(Cl)cc2)c1)NC1CC1. The molecule has 0 atom stereocenters. The molecule has 3 rings (SSSR count). The number of hydrogen-bond acceptors (Lipinski definition) is 4. The Morgan fingerprint density at radius 2 is 1.78 bits per heavy atom. The lowest BCUT2D eigenvalue weighted by atomic mass is 10.2. The minimum Gasteiger partial charge on any atom is -0.352 e. The number of hydrogen-bond donors (Lipinski definition) is 3. The van der Waals surface area contributed by atoms with Gasteiger partial charge >= 0.3 is 0 Å². The summed E-state index contributed by atoms with van der Waals surface area (Å²) >= 11 is 5.79. The van der Waals surface area contributed by atoms with Crippen molar-refractivity contribution in [1.82, 2.24) is 10.6 Å². The van der Waals surface area contributed by atoms with Gasteiger partial charge in [-0.3, -0.25) is 14.3 Å². The molecule has 1 aliphatic carbocycles. The van der Waals surface area contributed by atoms with Crippen LogP contribution in [0.15, 0.2) is 53.4 Å². The van der Waals surface area contributed by atoms with Gasteiger partial charge in [0.05, 0.1) is 11.4 Å². The van der Waals surface area contributed by atoms with Crippen LogP contribution in [0.2, 0.25) is 5.02 Å². The molecule has 2 aromatic carbocycles. The summed E-state index contributed by atoms with van der Waals surface area (Å²) in [6, 6.07) is 12.0. The molecule has 2 amide bonds. The van der Waals surface area contributed by atoms with E-state index in [4.69, 9.17) is 11.6 Å². The van der Waals surface area contributed by atoms with Gasteiger partial charge in [-0.15, -0.1) is 0 Å². The minimum atomic E-state index is -3.87. The van der Waals surface area contributed by atoms with Crippen LogP contribution in [0.5, 0.6) is 0 Å². The highest BCUT2D eigenvalue weighted by Gasteiger charge is 2.23. The van der Waals surface area contributed by atoms with E-state index in [0.29, 0.717) is 10.7 Å². The summed E-state index contributed by atoms with van der Waals surface area (Å²) in [6.45, 7) is -0.157. The predicted molar refractivity (Wildman–Crippen MR) is 102 cm³/mol. The average molecular weight is 408 g/mol. The average Bonchev–Trinajstić information content (AvgIpc) is 3.45. The fourth-order valence-corrected chi connectivity index (χ4v) is 3.54. The number of nitrogens with one attached hydrogen (secondary N) is 3. The molecule has 0 radical (unpaired) electrons. The molecule has 3 N–H and O–H groups in total. The Morgan fingerprint density at radius 1 is 1.07 bits per heavy atom. The number of benzene rings is 2. The van der Waals surface area contributed by atoms with Crippen LogP contribution in [0.3, 0.4) is 0 Å². The van der Waals surface area contributed by atoms with Crippen LogP contribution in [0, 0.1) is 0 Å². The van der Waals surface area contributed by atoms with Crippen LogP contribution in [-0.4, -0.2) is 32.8 Å². The molecular formula is C18H18ClN3O4S. The molecular weight excluding hydrogens is 390 g/mol. The zero-order chi connectivity index (χ0) is 19.4. The molecule has 1 aliphatic rings. The maximum Gasteiger partial charge on any atom is 0.261 e. The van der Waals surface area contributed by atoms with Crippen molar-refractivity contribution in [3.63, 3.8) is 0 Å². The molecule has 27 heavy (non-hydrogen) atoms. The molecule has 0 bridgehead atoms. The third-order valence-electron chi connectivity index (χ3n) is 3.85. The fraction of sp³-hybridized carbons (Fsp3) is 0.222. The Labute approximate surface area is 162 Å². The van der Waals surface area contributed by atoms with Crippen molar-refractivity contribution in [1.29, 1.82) is 0 Å². The van der Waals surface area contributed by atoms with Crippen LogP contribution >= 0.6 is 11.6 Å². The maximum atomic E-state index is 12.5. The molecule has 9 heteroatoms. The molecule has 0 heterocycles. The Bertz CT molecular complexity index is 957. The largest absolute Gasteiger partial charge is 0.352 e. The van der Waals surface area contributed by atoms with Crippen molar-refractivity contribution in [3.05, 3.63) is 59.1 Å². The number of halogens is 1. The first-order valence-corrected chi connectivity index (χ1v) is 10.2. The molecule has 0 spiro atoms. The second-order valence-corrected chi connectivity index (χ2v) is 8.28. The smallest absolute Gasteiger partial charge is 0.261 e. The maximum absolute atomic E-state index is 12.5. The minimum absolute atomic E-state index is 0.0625. The van der Waals surface area contributed by atoms with Crippen LogP contribution < -0.4 is 15.4 Å². The van der Waals surface area contributed by atoms with E-state index in [1.54, 1.807) is 12.1 Å². The van der Waals surface area contributed by atoms with E-state index in [0.717, 1.165) is 12.8 Å². The Balaban J connectivity index is 1.66. The first-order valence-electron chi connectivity index (χ1n) is 8.29. The van der Waals surface area contributed by atoms with E-state index < -0.39 is 15.9 Å². The predicted octanol–water partition coefficient (Wildman–Crippen LogP) is 2.15. The summed E-state index contributed by atoms with van der Waals surface area (Å²) in [6.07, 6.45) is 1.92. The van der Waals surface area contributed by atoms with Crippen molar-refractivity contribution < 1.29 is 18.0 Å². The van der Waals surface area contributed by atoms with Gasteiger partial charge in [-0.1, -0.05) is 17.7 Å². The number of carbonyl (C=O) groups is 2. The number of anilines is 1. The van der Waals surface area contributed by atoms with Crippen LogP contribution in [0.1, 0.15) is 23.2 Å². The summed E-state index contributed by atoms with van der Waals surface area (Å²) in [7, 11) is -3.87. The molecule has 1 saturated carbocycles. The van der Waals surface area contributed by atoms with E-state index in [2.05, 4.69) is 15.4 Å². The van der Waals surface area contributed by atoms with Crippen molar-refractivity contribution in [3.8, 4) is 0 Å². The van der Waals surface area contributed by atoms with Crippen molar-refractivity contribution in [2.45, 2.75) is 23.8 Å². The molecule has 1 fully saturated rings. The molecule has 142 valence electrons. The molecule has 2 aromatic rings. The zero-order valence-corrected chi connectivity index (χ0v) is 15.8. The highest BCUT2D eigenvalue weighted by Crippen LogP contribution is 2.19. The highest BCUT2D eigenvalue weighted by molar-refractivity contribution is 7.92. The summed E-state index contributed by atoms with van der Waals surface area (Å²) in [5.74, 6) is -0.788. The molecule has 7 nitrogen and oxygen atoms in total. The Morgan fingerprint density at radius 3 is 2.44 bits per heavy atom. The number of sulfonamides is 1. The molecule has 0 unspecified atom stereocenters. The topological polar surface area (TPSA) is 104 Å². The van der Waals surface area contributed by atoms with Crippen LogP contribution in [0.25, 0.3) is 0 Å². The van der Waals surface area contributed by atoms with E-state index in [1.165, 1.54) is 36.4 Å². The first-order chi connectivity index (χ1) is 12.8. The number of carbonyl (C=O) groups excluding carboxylic acids is 2. The van der Waals surface area contributed by atoms with Gasteiger partial charge in [-0.05, 0) is 55.3 Å². The molecule has 0 aliphatic heterocycles. The normalized spacial score (nSPS) is 13.7. The molecule has 0 aromatic heterocycles. The Hall–Kier alpha value is -2.58. The lowest BCUT2D eigenvalue weighted by Gasteiger charge is -2.10. The fourth-order valence-electron chi connectivity index (χ4n) is 2.31. The summed E-state index contributed by atoms with van der Waals surface area (Å²) in [5.41, 5.74) is 0.499. The van der Waals surface area contributed by atoms with Gasteiger partial charge in [-0.2, -0.15) is 0 Å². The lowest BCUT2D eigenvalue weighted by Crippen LogP contribution is -2.37. The Kier molecular flexibility index (Phi) is 5.67. The lowest BCUT2D eigenvalue weighted by molar-refractivity contribution is -0.120. The molecule has 0 saturated heterocycles. The van der Waals surface area contributed by atoms with Gasteiger partial charge in [0.15, 0.2) is 0 Å². The van der Waals surface area contributed by atoms with Gasteiger partial charge in [-0.25, -0.2) is 8.42 Å². The van der Waals surface area contributed by atoms with E-state index in [-0.39, 0.29) is 29.0 Å². The second kappa shape index (κ2) is 7.98. The summed E-state index contributed by atoms with van der Waals surface area (Å²) < 4.78 is 27.5. The van der Waals surface area contributed by atoms with E-state index in [1.807, 2.05) is 0 Å². The summed E-state index contributed by atoms with van der Waals surface area (Å²) in [5, 5.41) is 5.73. The standard InChI is InChI=1S/C18H18ClN3O4S/c19-13-4-6-15(7-5-13)22-27(25,26)16-3-1-2-12(10-16)18(24)20-11-17(23)21-14-8-9-14/h1-7,10,14,22H,8-9,11H2,(H,20,24)(H,21,23). The summed E-state index contributed by atoms with van der Waals surface area (Å²) in [4.78, 5) is 23.8. The van der Waals surface area contributed by atoms with E-state index >= 15 is 0 Å². The van der Waals surface area contributed by atoms with Gasteiger partial charge in [0.2, 0.25) is 5.91 Å². The van der Waals surface area contributed by atoms with Crippen LogP contribution in [0.4, 0.5) is 5.69 Å². The van der Waals surface area contributed by atoms with E-state index in [9.17, 15) is 18.0 Å². The quantitative estimate of drug-likeness (QED) is 0.654. The first kappa shape index (κ1) is 19.2. The van der Waals surface area contributed by atoms with Gasteiger partial charge in [0, 0.05) is 22.3 Å². The third kappa shape index (κ3) is 5.45. The number of rotatable bonds is 7. The van der Waals surface area contributed by atoms with Crippen molar-refractivity contribution in [2.75, 3.05) is 11.3 Å². The highest BCUT2D eigenvalue weighted by atomic mass is 35.5. The second-order valence-electron chi connectivity index (χ2n) is 6.16. The van der Waals surface area contributed by atoms with Crippen molar-refractivity contribution >= 4 is 39.1 Å².